The molecule has 116 valence electrons. The molecule has 0 spiro atoms. The number of piperazine rings is 1. The van der Waals surface area contributed by atoms with E-state index >= 15 is 0 Å². The molecule has 0 radical (unpaired) electrons. The third-order valence-electron chi connectivity index (χ3n) is 3.83. The molecule has 2 heterocycles. The molecule has 5 nitrogen and oxygen atoms in total. The summed E-state index contributed by atoms with van der Waals surface area (Å²) >= 11 is 1.25. The van der Waals surface area contributed by atoms with Gasteiger partial charge in [0.15, 0.2) is 5.69 Å². The molecule has 0 saturated carbocycles. The summed E-state index contributed by atoms with van der Waals surface area (Å²) in [4.78, 5) is 17.3. The minimum atomic E-state index is -0.216. The van der Waals surface area contributed by atoms with Crippen molar-refractivity contribution in [2.45, 2.75) is 13.5 Å². The zero-order valence-corrected chi connectivity index (χ0v) is 13.1. The average Bonchev–Trinajstić information content (AvgIpc) is 2.96. The number of hydrogen-bond donors (Lipinski definition) is 0. The standard InChI is InChI=1S/C15H17FN4OS/c1-11-14(17-18-22-11)15(21)20-8-6-19(7-9-20)10-12-2-4-13(16)5-3-12/h2-5H,6-10H2,1H3. The largest absolute Gasteiger partial charge is 0.335 e. The quantitative estimate of drug-likeness (QED) is 0.867. The summed E-state index contributed by atoms with van der Waals surface area (Å²) in [6.45, 7) is 5.61. The van der Waals surface area contributed by atoms with E-state index in [2.05, 4.69) is 14.5 Å². The summed E-state index contributed by atoms with van der Waals surface area (Å²) in [6, 6.07) is 6.56. The highest BCUT2D eigenvalue weighted by molar-refractivity contribution is 7.05. The van der Waals surface area contributed by atoms with Gasteiger partial charge in [0.2, 0.25) is 0 Å². The first-order chi connectivity index (χ1) is 10.6. The number of benzene rings is 1. The van der Waals surface area contributed by atoms with Crippen LogP contribution in [0, 0.1) is 12.7 Å². The van der Waals surface area contributed by atoms with Gasteiger partial charge in [-0.3, -0.25) is 9.69 Å². The number of carbonyl (C=O) groups is 1. The number of aryl methyl sites for hydroxylation is 1. The topological polar surface area (TPSA) is 49.3 Å². The van der Waals surface area contributed by atoms with Gasteiger partial charge >= 0.3 is 0 Å². The van der Waals surface area contributed by atoms with Crippen LogP contribution in [0.3, 0.4) is 0 Å². The molecule has 1 saturated heterocycles. The fraction of sp³-hybridized carbons (Fsp3) is 0.400. The molecule has 0 N–H and O–H groups in total. The highest BCUT2D eigenvalue weighted by atomic mass is 32.1. The van der Waals surface area contributed by atoms with E-state index in [1.807, 2.05) is 11.8 Å². The Morgan fingerprint density at radius 3 is 2.50 bits per heavy atom. The number of aromatic nitrogens is 2. The van der Waals surface area contributed by atoms with E-state index in [1.165, 1.54) is 23.7 Å². The monoisotopic (exact) mass is 320 g/mol. The minimum Gasteiger partial charge on any atom is -0.335 e. The van der Waals surface area contributed by atoms with E-state index in [0.29, 0.717) is 18.8 Å². The molecule has 3 rings (SSSR count). The number of rotatable bonds is 3. The lowest BCUT2D eigenvalue weighted by Crippen LogP contribution is -2.48. The van der Waals surface area contributed by atoms with Crippen molar-refractivity contribution < 1.29 is 9.18 Å². The van der Waals surface area contributed by atoms with Gasteiger partial charge in [0, 0.05) is 32.7 Å². The number of halogens is 1. The Labute approximate surface area is 132 Å². The molecule has 1 aromatic heterocycles. The highest BCUT2D eigenvalue weighted by Crippen LogP contribution is 2.14. The van der Waals surface area contributed by atoms with Gasteiger partial charge in [-0.25, -0.2) is 4.39 Å². The van der Waals surface area contributed by atoms with Gasteiger partial charge in [-0.15, -0.1) is 5.10 Å². The van der Waals surface area contributed by atoms with E-state index in [-0.39, 0.29) is 11.7 Å². The van der Waals surface area contributed by atoms with Crippen molar-refractivity contribution in [3.05, 3.63) is 46.2 Å². The van der Waals surface area contributed by atoms with Crippen molar-refractivity contribution in [3.63, 3.8) is 0 Å². The van der Waals surface area contributed by atoms with Crippen LogP contribution in [-0.4, -0.2) is 51.5 Å². The molecule has 22 heavy (non-hydrogen) atoms. The predicted octanol–water partition coefficient (Wildman–Crippen LogP) is 1.94. The maximum atomic E-state index is 12.9. The maximum absolute atomic E-state index is 12.9. The SMILES string of the molecule is Cc1snnc1C(=O)N1CCN(Cc2ccc(F)cc2)CC1. The van der Waals surface area contributed by atoms with Crippen molar-refractivity contribution >= 4 is 17.4 Å². The maximum Gasteiger partial charge on any atom is 0.275 e. The van der Waals surface area contributed by atoms with Crippen LogP contribution in [-0.2, 0) is 6.54 Å². The first-order valence-corrected chi connectivity index (χ1v) is 7.96. The Bertz CT molecular complexity index is 650. The van der Waals surface area contributed by atoms with Crippen LogP contribution in [0.4, 0.5) is 4.39 Å². The van der Waals surface area contributed by atoms with Crippen LogP contribution in [0.25, 0.3) is 0 Å². The smallest absolute Gasteiger partial charge is 0.275 e. The van der Waals surface area contributed by atoms with Gasteiger partial charge in [-0.05, 0) is 36.2 Å². The van der Waals surface area contributed by atoms with Crippen LogP contribution in [0.5, 0.6) is 0 Å². The van der Waals surface area contributed by atoms with Crippen LogP contribution < -0.4 is 0 Å². The number of amides is 1. The van der Waals surface area contributed by atoms with Crippen molar-refractivity contribution in [1.82, 2.24) is 19.4 Å². The molecule has 0 atom stereocenters. The van der Waals surface area contributed by atoms with E-state index in [1.54, 1.807) is 12.1 Å². The van der Waals surface area contributed by atoms with Crippen molar-refractivity contribution in [2.24, 2.45) is 0 Å². The first kappa shape index (κ1) is 15.1. The van der Waals surface area contributed by atoms with E-state index in [0.717, 1.165) is 30.1 Å². The zero-order valence-electron chi connectivity index (χ0n) is 12.3. The normalized spacial score (nSPS) is 16.0. The minimum absolute atomic E-state index is 0.0346. The van der Waals surface area contributed by atoms with Crippen molar-refractivity contribution in [1.29, 1.82) is 0 Å². The van der Waals surface area contributed by atoms with Gasteiger partial charge < -0.3 is 4.90 Å². The molecule has 1 aromatic carbocycles. The molecule has 1 aliphatic heterocycles. The second kappa shape index (κ2) is 6.50. The average molecular weight is 320 g/mol. The number of carbonyl (C=O) groups excluding carboxylic acids is 1. The molecular weight excluding hydrogens is 303 g/mol. The highest BCUT2D eigenvalue weighted by Gasteiger charge is 2.25. The summed E-state index contributed by atoms with van der Waals surface area (Å²) in [5.74, 6) is -0.251. The molecule has 0 aliphatic carbocycles. The molecule has 2 aromatic rings. The Balaban J connectivity index is 1.55. The Morgan fingerprint density at radius 1 is 1.23 bits per heavy atom. The van der Waals surface area contributed by atoms with Gasteiger partial charge in [-0.2, -0.15) is 0 Å². The fourth-order valence-electron chi connectivity index (χ4n) is 2.54. The molecular formula is C15H17FN4OS. The third kappa shape index (κ3) is 3.31. The van der Waals surface area contributed by atoms with Crippen LogP contribution >= 0.6 is 11.5 Å². The zero-order chi connectivity index (χ0) is 15.5. The number of hydrogen-bond acceptors (Lipinski definition) is 5. The van der Waals surface area contributed by atoms with Gasteiger partial charge in [-0.1, -0.05) is 16.6 Å². The molecule has 1 fully saturated rings. The Hall–Kier alpha value is -1.86. The number of nitrogens with zero attached hydrogens (tertiary/aromatic N) is 4. The Morgan fingerprint density at radius 2 is 1.91 bits per heavy atom. The van der Waals surface area contributed by atoms with Gasteiger partial charge in [0.1, 0.15) is 5.82 Å². The fourth-order valence-corrected chi connectivity index (χ4v) is 3.00. The Kier molecular flexibility index (Phi) is 4.44. The third-order valence-corrected chi connectivity index (χ3v) is 4.46. The second-order valence-electron chi connectivity index (χ2n) is 5.37. The van der Waals surface area contributed by atoms with Gasteiger partial charge in [0.05, 0.1) is 4.88 Å². The second-order valence-corrected chi connectivity index (χ2v) is 6.33. The lowest BCUT2D eigenvalue weighted by atomic mass is 10.2. The molecule has 7 heteroatoms. The molecule has 1 aliphatic rings. The predicted molar refractivity (Wildman–Crippen MR) is 82.2 cm³/mol. The molecule has 0 unspecified atom stereocenters. The summed E-state index contributed by atoms with van der Waals surface area (Å²) in [5.41, 5.74) is 1.55. The lowest BCUT2D eigenvalue weighted by Gasteiger charge is -2.34. The van der Waals surface area contributed by atoms with Crippen molar-refractivity contribution in [3.8, 4) is 0 Å². The van der Waals surface area contributed by atoms with Crippen LogP contribution in [0.15, 0.2) is 24.3 Å². The van der Waals surface area contributed by atoms with E-state index in [9.17, 15) is 9.18 Å². The molecule has 1 amide bonds. The van der Waals surface area contributed by atoms with Crippen molar-refractivity contribution in [2.75, 3.05) is 26.2 Å². The molecule has 0 bridgehead atoms. The summed E-state index contributed by atoms with van der Waals surface area (Å²) < 4.78 is 16.7. The van der Waals surface area contributed by atoms with E-state index < -0.39 is 0 Å². The van der Waals surface area contributed by atoms with Crippen LogP contribution in [0.1, 0.15) is 20.9 Å². The van der Waals surface area contributed by atoms with Crippen LogP contribution in [0.2, 0.25) is 0 Å². The first-order valence-electron chi connectivity index (χ1n) is 7.18. The summed E-state index contributed by atoms with van der Waals surface area (Å²) in [7, 11) is 0. The summed E-state index contributed by atoms with van der Waals surface area (Å²) in [5, 5.41) is 3.91. The summed E-state index contributed by atoms with van der Waals surface area (Å²) in [6.07, 6.45) is 0. The van der Waals surface area contributed by atoms with E-state index in [4.69, 9.17) is 0 Å². The van der Waals surface area contributed by atoms with Gasteiger partial charge in [0.25, 0.3) is 5.91 Å². The lowest BCUT2D eigenvalue weighted by molar-refractivity contribution is 0.0622.